The Morgan fingerprint density at radius 3 is 2.77 bits per heavy atom. The molecule has 2 aliphatic rings. The molecule has 1 aromatic carbocycles. The SMILES string of the molecule is CC(=S)N(c1cc(Cl)ccc1Cl)C1C(=O)N2C(C(=O)O)=C(CI)CS[C@H]12. The lowest BCUT2D eigenvalue weighted by Gasteiger charge is -2.53. The Morgan fingerprint density at radius 2 is 2.19 bits per heavy atom. The fourth-order valence-corrected chi connectivity index (χ4v) is 6.03. The minimum Gasteiger partial charge on any atom is -0.477 e. The Labute approximate surface area is 183 Å². The van der Waals surface area contributed by atoms with Crippen LogP contribution < -0.4 is 4.90 Å². The summed E-state index contributed by atoms with van der Waals surface area (Å²) >= 11 is 21.4. The van der Waals surface area contributed by atoms with E-state index >= 15 is 0 Å². The highest BCUT2D eigenvalue weighted by Gasteiger charge is 2.56. The van der Waals surface area contributed by atoms with Crippen LogP contribution in [0.2, 0.25) is 10.0 Å². The molecule has 10 heteroatoms. The molecule has 2 atom stereocenters. The molecule has 26 heavy (non-hydrogen) atoms. The van der Waals surface area contributed by atoms with Gasteiger partial charge >= 0.3 is 5.97 Å². The predicted octanol–water partition coefficient (Wildman–Crippen LogP) is 4.20. The second-order valence-corrected chi connectivity index (χ2v) is 9.03. The first-order chi connectivity index (χ1) is 12.3. The Hall–Kier alpha value is -0.550. The van der Waals surface area contributed by atoms with Crippen molar-refractivity contribution in [3.8, 4) is 0 Å². The molecule has 0 spiro atoms. The van der Waals surface area contributed by atoms with Gasteiger partial charge in [-0.25, -0.2) is 4.79 Å². The first-order valence-corrected chi connectivity index (χ1v) is 11.2. The number of halogens is 3. The number of carboxylic acid groups (broad SMARTS) is 1. The van der Waals surface area contributed by atoms with Crippen LogP contribution in [0.15, 0.2) is 29.5 Å². The van der Waals surface area contributed by atoms with E-state index < -0.39 is 12.0 Å². The molecule has 1 fully saturated rings. The molecule has 5 nitrogen and oxygen atoms in total. The number of hydrogen-bond acceptors (Lipinski definition) is 4. The van der Waals surface area contributed by atoms with Gasteiger partial charge in [-0.15, -0.1) is 11.8 Å². The standard InChI is InChI=1S/C16H13Cl2IN2O3S2/c1-7(25)20(11-4-9(17)2-3-10(11)18)13-14(22)21-12(16(23)24)8(5-19)6-26-15(13)21/h2-4,13,15H,5-6H2,1H3,(H,23,24)/t13?,15-/m1/s1. The van der Waals surface area contributed by atoms with E-state index in [1.807, 2.05) is 0 Å². The molecule has 1 unspecified atom stereocenters. The number of anilines is 1. The van der Waals surface area contributed by atoms with Crippen molar-refractivity contribution >= 4 is 92.3 Å². The topological polar surface area (TPSA) is 60.9 Å². The van der Waals surface area contributed by atoms with Crippen LogP contribution >= 0.6 is 69.8 Å². The van der Waals surface area contributed by atoms with Crippen molar-refractivity contribution in [1.82, 2.24) is 4.90 Å². The van der Waals surface area contributed by atoms with Crippen LogP contribution in [0.4, 0.5) is 5.69 Å². The van der Waals surface area contributed by atoms with Crippen LogP contribution in [0.25, 0.3) is 0 Å². The minimum atomic E-state index is -1.08. The molecule has 1 saturated heterocycles. The number of benzene rings is 1. The van der Waals surface area contributed by atoms with Crippen molar-refractivity contribution in [3.05, 3.63) is 39.5 Å². The first-order valence-electron chi connectivity index (χ1n) is 7.48. The normalized spacial score (nSPS) is 22.0. The quantitative estimate of drug-likeness (QED) is 0.266. The van der Waals surface area contributed by atoms with E-state index in [2.05, 4.69) is 22.6 Å². The van der Waals surface area contributed by atoms with E-state index in [1.165, 1.54) is 16.7 Å². The van der Waals surface area contributed by atoms with Crippen molar-refractivity contribution in [1.29, 1.82) is 0 Å². The van der Waals surface area contributed by atoms with E-state index in [0.29, 0.717) is 30.9 Å². The van der Waals surface area contributed by atoms with Gasteiger partial charge in [0.05, 0.1) is 15.7 Å². The summed E-state index contributed by atoms with van der Waals surface area (Å²) in [5, 5.41) is 10.1. The molecule has 138 valence electrons. The van der Waals surface area contributed by atoms with Crippen molar-refractivity contribution < 1.29 is 14.7 Å². The molecule has 1 aromatic rings. The number of aliphatic carboxylic acids is 1. The molecule has 2 aliphatic heterocycles. The van der Waals surface area contributed by atoms with E-state index in [4.69, 9.17) is 35.4 Å². The zero-order valence-electron chi connectivity index (χ0n) is 13.4. The maximum absolute atomic E-state index is 12.9. The summed E-state index contributed by atoms with van der Waals surface area (Å²) < 4.78 is 0.559. The molecule has 0 saturated carbocycles. The maximum Gasteiger partial charge on any atom is 0.352 e. The zero-order chi connectivity index (χ0) is 19.2. The van der Waals surface area contributed by atoms with E-state index in [1.54, 1.807) is 30.0 Å². The van der Waals surface area contributed by atoms with Gasteiger partial charge in [-0.2, -0.15) is 0 Å². The van der Waals surface area contributed by atoms with Crippen molar-refractivity contribution in [3.63, 3.8) is 0 Å². The Bertz CT molecular complexity index is 849. The average Bonchev–Trinajstić information content (AvgIpc) is 2.59. The number of fused-ring (bicyclic) bond motifs is 1. The average molecular weight is 543 g/mol. The van der Waals surface area contributed by atoms with Crippen LogP contribution in [0.3, 0.4) is 0 Å². The van der Waals surface area contributed by atoms with Gasteiger partial charge in [-0.05, 0) is 30.7 Å². The molecule has 1 amide bonds. The third-order valence-corrected chi connectivity index (χ3v) is 7.17. The maximum atomic E-state index is 12.9. The Kier molecular flexibility index (Phi) is 6.08. The summed E-state index contributed by atoms with van der Waals surface area (Å²) in [6, 6.07) is 4.36. The van der Waals surface area contributed by atoms with E-state index in [0.717, 1.165) is 5.57 Å². The largest absolute Gasteiger partial charge is 0.477 e. The van der Waals surface area contributed by atoms with Crippen molar-refractivity contribution in [2.24, 2.45) is 0 Å². The second-order valence-electron chi connectivity index (χ2n) is 5.73. The molecule has 2 heterocycles. The molecule has 1 N–H and O–H groups in total. The second kappa shape index (κ2) is 7.83. The number of amides is 1. The highest BCUT2D eigenvalue weighted by molar-refractivity contribution is 14.1. The third kappa shape index (κ3) is 3.34. The third-order valence-electron chi connectivity index (χ3n) is 4.17. The fourth-order valence-electron chi connectivity index (χ4n) is 3.06. The lowest BCUT2D eigenvalue weighted by Crippen LogP contribution is -2.71. The summed E-state index contributed by atoms with van der Waals surface area (Å²) in [4.78, 5) is 28.1. The number of β-lactam (4-membered cyclic amide) rings is 1. The van der Waals surface area contributed by atoms with Crippen LogP contribution in [0.1, 0.15) is 6.92 Å². The first kappa shape index (κ1) is 20.2. The molecular weight excluding hydrogens is 530 g/mol. The highest BCUT2D eigenvalue weighted by atomic mass is 127. The van der Waals surface area contributed by atoms with Crippen LogP contribution in [0.5, 0.6) is 0 Å². The number of nitrogens with zero attached hydrogens (tertiary/aromatic N) is 2. The molecule has 0 aliphatic carbocycles. The smallest absolute Gasteiger partial charge is 0.352 e. The van der Waals surface area contributed by atoms with Crippen molar-refractivity contribution in [2.75, 3.05) is 15.1 Å². The van der Waals surface area contributed by atoms with Gasteiger partial charge in [0.2, 0.25) is 0 Å². The van der Waals surface area contributed by atoms with Crippen LogP contribution in [-0.4, -0.2) is 48.5 Å². The lowest BCUT2D eigenvalue weighted by molar-refractivity contribution is -0.147. The lowest BCUT2D eigenvalue weighted by atomic mass is 10.0. The van der Waals surface area contributed by atoms with Gasteiger partial charge in [0.25, 0.3) is 5.91 Å². The molecular formula is C16H13Cl2IN2O3S2. The predicted molar refractivity (Wildman–Crippen MR) is 118 cm³/mol. The Morgan fingerprint density at radius 1 is 1.50 bits per heavy atom. The Balaban J connectivity index is 2.01. The van der Waals surface area contributed by atoms with Crippen LogP contribution in [-0.2, 0) is 9.59 Å². The number of alkyl halides is 1. The number of rotatable bonds is 4. The molecule has 3 rings (SSSR count). The number of thiocarbonyl (C=S) groups is 1. The van der Waals surface area contributed by atoms with Crippen LogP contribution in [0, 0.1) is 0 Å². The summed E-state index contributed by atoms with van der Waals surface area (Å²) in [7, 11) is 0. The number of carboxylic acids is 1. The monoisotopic (exact) mass is 542 g/mol. The summed E-state index contributed by atoms with van der Waals surface area (Å²) in [6.45, 7) is 1.71. The van der Waals surface area contributed by atoms with Gasteiger partial charge in [0.1, 0.15) is 17.1 Å². The van der Waals surface area contributed by atoms with Gasteiger partial charge < -0.3 is 10.0 Å². The minimum absolute atomic E-state index is 0.0866. The molecule has 0 radical (unpaired) electrons. The fraction of sp³-hybridized carbons (Fsp3) is 0.312. The van der Waals surface area contributed by atoms with Gasteiger partial charge in [-0.3, -0.25) is 9.69 Å². The number of carbonyl (C=O) groups excluding carboxylic acids is 1. The van der Waals surface area contributed by atoms with E-state index in [9.17, 15) is 14.7 Å². The van der Waals surface area contributed by atoms with Gasteiger partial charge in [0, 0.05) is 15.2 Å². The number of hydrogen-bond donors (Lipinski definition) is 1. The van der Waals surface area contributed by atoms with Gasteiger partial charge in [-0.1, -0.05) is 58.0 Å². The summed E-state index contributed by atoms with van der Waals surface area (Å²) in [5.74, 6) is -0.828. The summed E-state index contributed by atoms with van der Waals surface area (Å²) in [6.07, 6.45) is 0. The molecule has 0 bridgehead atoms. The van der Waals surface area contributed by atoms with E-state index in [-0.39, 0.29) is 17.0 Å². The van der Waals surface area contributed by atoms with Crippen molar-refractivity contribution in [2.45, 2.75) is 18.3 Å². The van der Waals surface area contributed by atoms with Gasteiger partial charge in [0.15, 0.2) is 0 Å². The highest BCUT2D eigenvalue weighted by Crippen LogP contribution is 2.45. The molecule has 0 aromatic heterocycles. The number of thioether (sulfide) groups is 1. The number of carbonyl (C=O) groups is 2. The summed E-state index contributed by atoms with van der Waals surface area (Å²) in [5.41, 5.74) is 1.38. The zero-order valence-corrected chi connectivity index (χ0v) is 18.7.